The van der Waals surface area contributed by atoms with Crippen LogP contribution in [-0.2, 0) is 6.42 Å². The van der Waals surface area contributed by atoms with Crippen LogP contribution in [0.1, 0.15) is 16.7 Å². The summed E-state index contributed by atoms with van der Waals surface area (Å²) in [5.41, 5.74) is 0.924. The molecule has 0 radical (unpaired) electrons. The van der Waals surface area contributed by atoms with Gasteiger partial charge in [-0.3, -0.25) is 0 Å². The van der Waals surface area contributed by atoms with Gasteiger partial charge >= 0.3 is 0 Å². The zero-order valence-electron chi connectivity index (χ0n) is 7.93. The van der Waals surface area contributed by atoms with E-state index in [1.165, 1.54) is 0 Å². The normalized spacial score (nSPS) is 12.7. The summed E-state index contributed by atoms with van der Waals surface area (Å²) in [6, 6.07) is 7.70. The predicted molar refractivity (Wildman–Crippen MR) is 64.9 cm³/mol. The highest BCUT2D eigenvalue weighted by Crippen LogP contribution is 2.21. The van der Waals surface area contributed by atoms with Crippen molar-refractivity contribution in [1.82, 2.24) is 4.98 Å². The molecule has 0 aliphatic heterocycles. The summed E-state index contributed by atoms with van der Waals surface area (Å²) in [5, 5.41) is 12.8. The van der Waals surface area contributed by atoms with Crippen LogP contribution < -0.4 is 0 Å². The summed E-state index contributed by atoms with van der Waals surface area (Å²) in [6.07, 6.45) is 1.87. The van der Waals surface area contributed by atoms with Crippen LogP contribution in [0.2, 0.25) is 0 Å². The smallest absolute Gasteiger partial charge is 0.0954 e. The van der Waals surface area contributed by atoms with Gasteiger partial charge in [0.05, 0.1) is 11.1 Å². The van der Waals surface area contributed by atoms with Crippen LogP contribution in [0.4, 0.5) is 0 Å². The molecule has 78 valence electrons. The Hall–Kier alpha value is -0.710. The minimum absolute atomic E-state index is 0.468. The first-order valence-electron chi connectivity index (χ1n) is 4.57. The van der Waals surface area contributed by atoms with Crippen molar-refractivity contribution in [2.24, 2.45) is 0 Å². The highest BCUT2D eigenvalue weighted by Gasteiger charge is 2.09. The Morgan fingerprint density at radius 2 is 2.07 bits per heavy atom. The first-order valence-corrected chi connectivity index (χ1v) is 6.25. The van der Waals surface area contributed by atoms with E-state index in [9.17, 15) is 5.11 Å². The topological polar surface area (TPSA) is 33.1 Å². The average molecular weight is 284 g/mol. The Morgan fingerprint density at radius 1 is 1.33 bits per heavy atom. The lowest BCUT2D eigenvalue weighted by Gasteiger charge is -2.08. The molecule has 0 bridgehead atoms. The number of rotatable bonds is 3. The third kappa shape index (κ3) is 2.87. The molecule has 1 atom stereocenters. The summed E-state index contributed by atoms with van der Waals surface area (Å²) >= 11 is 4.93. The number of halogens is 1. The maximum Gasteiger partial charge on any atom is 0.0954 e. The highest BCUT2D eigenvalue weighted by atomic mass is 79.9. The van der Waals surface area contributed by atoms with Gasteiger partial charge in [0.25, 0.3) is 0 Å². The van der Waals surface area contributed by atoms with Crippen LogP contribution in [0, 0.1) is 0 Å². The van der Waals surface area contributed by atoms with Gasteiger partial charge in [0.15, 0.2) is 0 Å². The molecule has 1 unspecified atom stereocenters. The molecular weight excluding hydrogens is 274 g/mol. The van der Waals surface area contributed by atoms with E-state index in [-0.39, 0.29) is 0 Å². The van der Waals surface area contributed by atoms with E-state index < -0.39 is 6.10 Å². The van der Waals surface area contributed by atoms with Crippen LogP contribution in [0.25, 0.3) is 0 Å². The molecule has 0 saturated heterocycles. The third-order valence-corrected chi connectivity index (χ3v) is 3.44. The number of nitrogens with zero attached hydrogens (tertiary/aromatic N) is 1. The van der Waals surface area contributed by atoms with Crippen molar-refractivity contribution < 1.29 is 5.11 Å². The van der Waals surface area contributed by atoms with E-state index in [2.05, 4.69) is 20.9 Å². The SMILES string of the molecule is OC(Cc1nccs1)c1ccc(Br)cc1. The number of benzene rings is 1. The summed E-state index contributed by atoms with van der Waals surface area (Å²) in [5.74, 6) is 0. The van der Waals surface area contributed by atoms with Gasteiger partial charge in [-0.2, -0.15) is 0 Å². The molecule has 0 aliphatic rings. The number of aliphatic hydroxyl groups excluding tert-OH is 1. The van der Waals surface area contributed by atoms with Crippen LogP contribution in [0.3, 0.4) is 0 Å². The van der Waals surface area contributed by atoms with Crippen molar-refractivity contribution in [3.8, 4) is 0 Å². The number of thiazole rings is 1. The van der Waals surface area contributed by atoms with Gasteiger partial charge in [0.1, 0.15) is 0 Å². The fourth-order valence-electron chi connectivity index (χ4n) is 1.32. The predicted octanol–water partition coefficient (Wildman–Crippen LogP) is 3.18. The Balaban J connectivity index is 2.08. The average Bonchev–Trinajstić information content (AvgIpc) is 2.71. The van der Waals surface area contributed by atoms with Crippen LogP contribution in [-0.4, -0.2) is 10.1 Å². The largest absolute Gasteiger partial charge is 0.388 e. The van der Waals surface area contributed by atoms with Crippen molar-refractivity contribution >= 4 is 27.3 Å². The molecule has 4 heteroatoms. The standard InChI is InChI=1S/C11H10BrNOS/c12-9-3-1-8(2-4-9)10(14)7-11-13-5-6-15-11/h1-6,10,14H,7H2. The highest BCUT2D eigenvalue weighted by molar-refractivity contribution is 9.10. The van der Waals surface area contributed by atoms with Gasteiger partial charge in [-0.25, -0.2) is 4.98 Å². The molecule has 0 saturated carbocycles. The van der Waals surface area contributed by atoms with Gasteiger partial charge in [-0.05, 0) is 17.7 Å². The fraction of sp³-hybridized carbons (Fsp3) is 0.182. The molecule has 0 fully saturated rings. The monoisotopic (exact) mass is 283 g/mol. The number of aromatic nitrogens is 1. The fourth-order valence-corrected chi connectivity index (χ4v) is 2.24. The van der Waals surface area contributed by atoms with Crippen molar-refractivity contribution in [2.45, 2.75) is 12.5 Å². The molecule has 2 rings (SSSR count). The summed E-state index contributed by atoms with van der Waals surface area (Å²) in [6.45, 7) is 0. The lowest BCUT2D eigenvalue weighted by molar-refractivity contribution is 0.178. The van der Waals surface area contributed by atoms with Gasteiger partial charge in [0.2, 0.25) is 0 Å². The Morgan fingerprint density at radius 3 is 2.67 bits per heavy atom. The molecule has 0 aliphatic carbocycles. The first kappa shape index (κ1) is 10.8. The zero-order chi connectivity index (χ0) is 10.7. The van der Waals surface area contributed by atoms with Gasteiger partial charge in [0, 0.05) is 22.5 Å². The number of hydrogen-bond acceptors (Lipinski definition) is 3. The van der Waals surface area contributed by atoms with Crippen LogP contribution in [0.15, 0.2) is 40.3 Å². The van der Waals surface area contributed by atoms with E-state index in [1.54, 1.807) is 17.5 Å². The Bertz CT molecular complexity index is 413. The zero-order valence-corrected chi connectivity index (χ0v) is 10.3. The van der Waals surface area contributed by atoms with Gasteiger partial charge in [-0.15, -0.1) is 11.3 Å². The molecular formula is C11H10BrNOS. The van der Waals surface area contributed by atoms with E-state index >= 15 is 0 Å². The second-order valence-corrected chi connectivity index (χ2v) is 5.09. The maximum absolute atomic E-state index is 9.93. The van der Waals surface area contributed by atoms with Crippen molar-refractivity contribution in [2.75, 3.05) is 0 Å². The molecule has 2 nitrogen and oxygen atoms in total. The van der Waals surface area contributed by atoms with Crippen molar-refractivity contribution in [3.05, 3.63) is 50.9 Å². The lowest BCUT2D eigenvalue weighted by atomic mass is 10.1. The minimum Gasteiger partial charge on any atom is -0.388 e. The molecule has 1 aromatic carbocycles. The molecule has 0 amide bonds. The van der Waals surface area contributed by atoms with Gasteiger partial charge in [-0.1, -0.05) is 28.1 Å². The van der Waals surface area contributed by atoms with E-state index in [1.807, 2.05) is 29.6 Å². The molecule has 2 aromatic rings. The molecule has 1 aromatic heterocycles. The van der Waals surface area contributed by atoms with E-state index in [4.69, 9.17) is 0 Å². The lowest BCUT2D eigenvalue weighted by Crippen LogP contribution is -2.00. The summed E-state index contributed by atoms with van der Waals surface area (Å²) in [7, 11) is 0. The molecule has 1 heterocycles. The Kier molecular flexibility index (Phi) is 3.51. The first-order chi connectivity index (χ1) is 7.25. The van der Waals surface area contributed by atoms with Crippen LogP contribution >= 0.6 is 27.3 Å². The number of aliphatic hydroxyl groups is 1. The number of hydrogen-bond donors (Lipinski definition) is 1. The molecule has 0 spiro atoms. The van der Waals surface area contributed by atoms with E-state index in [0.717, 1.165) is 15.0 Å². The van der Waals surface area contributed by atoms with Crippen molar-refractivity contribution in [3.63, 3.8) is 0 Å². The third-order valence-electron chi connectivity index (χ3n) is 2.11. The Labute approximate surface area is 101 Å². The second-order valence-electron chi connectivity index (χ2n) is 3.20. The van der Waals surface area contributed by atoms with E-state index in [0.29, 0.717) is 6.42 Å². The summed E-state index contributed by atoms with van der Waals surface area (Å²) in [4.78, 5) is 4.15. The quantitative estimate of drug-likeness (QED) is 0.939. The molecule has 1 N–H and O–H groups in total. The minimum atomic E-state index is -0.468. The maximum atomic E-state index is 9.93. The molecule has 15 heavy (non-hydrogen) atoms. The van der Waals surface area contributed by atoms with Crippen LogP contribution in [0.5, 0.6) is 0 Å². The van der Waals surface area contributed by atoms with Crippen molar-refractivity contribution in [1.29, 1.82) is 0 Å². The van der Waals surface area contributed by atoms with Gasteiger partial charge < -0.3 is 5.11 Å². The second kappa shape index (κ2) is 4.88. The summed E-state index contributed by atoms with van der Waals surface area (Å²) < 4.78 is 1.02.